The van der Waals surface area contributed by atoms with Crippen molar-refractivity contribution in [3.63, 3.8) is 0 Å². The van der Waals surface area contributed by atoms with E-state index in [1.54, 1.807) is 4.68 Å². The molecule has 1 aliphatic rings. The van der Waals surface area contributed by atoms with Crippen LogP contribution < -0.4 is 0 Å². The summed E-state index contributed by atoms with van der Waals surface area (Å²) in [5.74, 6) is 0.308. The standard InChI is InChI=1S/C13H13ClN2O/c14-12-8-16(10-4-2-1-3-5-10)15-13(12)9-6-11(17)7-9/h1-5,8-9,11,17H,6-7H2. The summed E-state index contributed by atoms with van der Waals surface area (Å²) < 4.78 is 1.79. The van der Waals surface area contributed by atoms with E-state index < -0.39 is 0 Å². The molecule has 2 aromatic rings. The highest BCUT2D eigenvalue weighted by atomic mass is 35.5. The summed E-state index contributed by atoms with van der Waals surface area (Å²) in [6.07, 6.45) is 3.19. The number of aromatic nitrogens is 2. The molecule has 0 radical (unpaired) electrons. The second kappa shape index (κ2) is 4.17. The molecule has 17 heavy (non-hydrogen) atoms. The van der Waals surface area contributed by atoms with Crippen molar-refractivity contribution in [2.75, 3.05) is 0 Å². The quantitative estimate of drug-likeness (QED) is 0.888. The predicted molar refractivity (Wildman–Crippen MR) is 66.6 cm³/mol. The summed E-state index contributed by atoms with van der Waals surface area (Å²) >= 11 is 6.19. The molecule has 1 N–H and O–H groups in total. The molecule has 0 aliphatic heterocycles. The molecule has 0 spiro atoms. The van der Waals surface area contributed by atoms with Crippen LogP contribution >= 0.6 is 11.6 Å². The smallest absolute Gasteiger partial charge is 0.0848 e. The zero-order valence-corrected chi connectivity index (χ0v) is 10.0. The monoisotopic (exact) mass is 248 g/mol. The Balaban J connectivity index is 1.91. The van der Waals surface area contributed by atoms with Gasteiger partial charge in [-0.15, -0.1) is 0 Å². The molecule has 0 saturated heterocycles. The van der Waals surface area contributed by atoms with E-state index in [0.29, 0.717) is 10.9 Å². The van der Waals surface area contributed by atoms with Crippen LogP contribution in [-0.4, -0.2) is 21.0 Å². The molecule has 0 bridgehead atoms. The van der Waals surface area contributed by atoms with Crippen molar-refractivity contribution in [3.8, 4) is 5.69 Å². The van der Waals surface area contributed by atoms with Crippen LogP contribution in [0.15, 0.2) is 36.5 Å². The number of rotatable bonds is 2. The van der Waals surface area contributed by atoms with E-state index in [2.05, 4.69) is 5.10 Å². The molecule has 4 heteroatoms. The Morgan fingerprint density at radius 1 is 1.24 bits per heavy atom. The van der Waals surface area contributed by atoms with Crippen molar-refractivity contribution in [2.45, 2.75) is 24.9 Å². The van der Waals surface area contributed by atoms with Gasteiger partial charge in [-0.05, 0) is 25.0 Å². The molecule has 1 saturated carbocycles. The Morgan fingerprint density at radius 2 is 1.94 bits per heavy atom. The van der Waals surface area contributed by atoms with Crippen molar-refractivity contribution >= 4 is 11.6 Å². The fourth-order valence-corrected chi connectivity index (χ4v) is 2.45. The molecule has 0 amide bonds. The normalized spacial score (nSPS) is 23.4. The Kier molecular flexibility index (Phi) is 2.65. The third-order valence-electron chi connectivity index (χ3n) is 3.22. The molecule has 1 fully saturated rings. The average Bonchev–Trinajstić information content (AvgIpc) is 2.68. The van der Waals surface area contributed by atoms with Crippen LogP contribution in [-0.2, 0) is 0 Å². The zero-order valence-electron chi connectivity index (χ0n) is 9.25. The summed E-state index contributed by atoms with van der Waals surface area (Å²) in [5, 5.41) is 14.5. The minimum Gasteiger partial charge on any atom is -0.393 e. The number of nitrogens with zero attached hydrogens (tertiary/aromatic N) is 2. The maximum Gasteiger partial charge on any atom is 0.0848 e. The van der Waals surface area contributed by atoms with E-state index in [0.717, 1.165) is 24.2 Å². The summed E-state index contributed by atoms with van der Waals surface area (Å²) in [5.41, 5.74) is 1.90. The number of aliphatic hydroxyl groups excluding tert-OH is 1. The molecular weight excluding hydrogens is 236 g/mol. The number of hydrogen-bond acceptors (Lipinski definition) is 2. The lowest BCUT2D eigenvalue weighted by Gasteiger charge is -2.30. The molecule has 3 rings (SSSR count). The van der Waals surface area contributed by atoms with E-state index in [-0.39, 0.29) is 6.10 Å². The lowest BCUT2D eigenvalue weighted by Crippen LogP contribution is -2.27. The number of hydrogen-bond donors (Lipinski definition) is 1. The average molecular weight is 249 g/mol. The van der Waals surface area contributed by atoms with Crippen molar-refractivity contribution in [3.05, 3.63) is 47.2 Å². The summed E-state index contributed by atoms with van der Waals surface area (Å²) in [7, 11) is 0. The van der Waals surface area contributed by atoms with Gasteiger partial charge in [0.25, 0.3) is 0 Å². The highest BCUT2D eigenvalue weighted by Gasteiger charge is 2.32. The van der Waals surface area contributed by atoms with Crippen molar-refractivity contribution in [2.24, 2.45) is 0 Å². The molecule has 0 atom stereocenters. The third-order valence-corrected chi connectivity index (χ3v) is 3.51. The molecule has 1 aromatic heterocycles. The van der Waals surface area contributed by atoms with Crippen molar-refractivity contribution in [1.82, 2.24) is 9.78 Å². The third kappa shape index (κ3) is 1.96. The highest BCUT2D eigenvalue weighted by molar-refractivity contribution is 6.31. The minimum atomic E-state index is -0.182. The van der Waals surface area contributed by atoms with Crippen LogP contribution in [0.4, 0.5) is 0 Å². The van der Waals surface area contributed by atoms with Gasteiger partial charge >= 0.3 is 0 Å². The van der Waals surface area contributed by atoms with E-state index in [1.165, 1.54) is 0 Å². The first kappa shape index (κ1) is 10.8. The lowest BCUT2D eigenvalue weighted by atomic mass is 9.80. The van der Waals surface area contributed by atoms with Gasteiger partial charge in [-0.3, -0.25) is 0 Å². The molecule has 3 nitrogen and oxygen atoms in total. The van der Waals surface area contributed by atoms with Crippen LogP contribution in [0.25, 0.3) is 5.69 Å². The van der Waals surface area contributed by atoms with Crippen LogP contribution in [0, 0.1) is 0 Å². The Morgan fingerprint density at radius 3 is 2.59 bits per heavy atom. The fraction of sp³-hybridized carbons (Fsp3) is 0.308. The maximum atomic E-state index is 9.32. The van der Waals surface area contributed by atoms with Gasteiger partial charge in [0.1, 0.15) is 0 Å². The van der Waals surface area contributed by atoms with Crippen LogP contribution in [0.5, 0.6) is 0 Å². The molecule has 1 aromatic carbocycles. The van der Waals surface area contributed by atoms with Gasteiger partial charge in [0.05, 0.1) is 22.5 Å². The number of halogens is 1. The van der Waals surface area contributed by atoms with Gasteiger partial charge in [0, 0.05) is 12.1 Å². The Bertz CT molecular complexity index is 517. The molecule has 1 heterocycles. The summed E-state index contributed by atoms with van der Waals surface area (Å²) in [4.78, 5) is 0. The topological polar surface area (TPSA) is 38.1 Å². The number of para-hydroxylation sites is 1. The first-order chi connectivity index (χ1) is 8.24. The largest absolute Gasteiger partial charge is 0.393 e. The van der Waals surface area contributed by atoms with Crippen LogP contribution in [0.3, 0.4) is 0 Å². The summed E-state index contributed by atoms with van der Waals surface area (Å²) in [6, 6.07) is 9.89. The maximum absolute atomic E-state index is 9.32. The summed E-state index contributed by atoms with van der Waals surface area (Å²) in [6.45, 7) is 0. The first-order valence-electron chi connectivity index (χ1n) is 5.72. The predicted octanol–water partition coefficient (Wildman–Crippen LogP) is 2.76. The minimum absolute atomic E-state index is 0.182. The van der Waals surface area contributed by atoms with Gasteiger partial charge in [0.15, 0.2) is 0 Å². The number of benzene rings is 1. The first-order valence-corrected chi connectivity index (χ1v) is 6.10. The van der Waals surface area contributed by atoms with Gasteiger partial charge in [-0.25, -0.2) is 4.68 Å². The van der Waals surface area contributed by atoms with E-state index in [1.807, 2.05) is 36.5 Å². The van der Waals surface area contributed by atoms with Crippen LogP contribution in [0.2, 0.25) is 5.02 Å². The van der Waals surface area contributed by atoms with Crippen molar-refractivity contribution in [1.29, 1.82) is 0 Å². The lowest BCUT2D eigenvalue weighted by molar-refractivity contribution is 0.0731. The molecule has 1 aliphatic carbocycles. The molecule has 88 valence electrons. The highest BCUT2D eigenvalue weighted by Crippen LogP contribution is 2.39. The van der Waals surface area contributed by atoms with E-state index in [4.69, 9.17) is 11.6 Å². The van der Waals surface area contributed by atoms with Gasteiger partial charge in [0.2, 0.25) is 0 Å². The van der Waals surface area contributed by atoms with Crippen molar-refractivity contribution < 1.29 is 5.11 Å². The zero-order chi connectivity index (χ0) is 11.8. The SMILES string of the molecule is OC1CC(c2nn(-c3ccccc3)cc2Cl)C1. The van der Waals surface area contributed by atoms with Gasteiger partial charge in [-0.1, -0.05) is 29.8 Å². The fourth-order valence-electron chi connectivity index (χ4n) is 2.17. The van der Waals surface area contributed by atoms with Crippen LogP contribution in [0.1, 0.15) is 24.5 Å². The Hall–Kier alpha value is -1.32. The van der Waals surface area contributed by atoms with Gasteiger partial charge in [-0.2, -0.15) is 5.10 Å². The second-order valence-electron chi connectivity index (χ2n) is 4.46. The number of aliphatic hydroxyl groups is 1. The van der Waals surface area contributed by atoms with E-state index >= 15 is 0 Å². The molecule has 0 unspecified atom stereocenters. The second-order valence-corrected chi connectivity index (χ2v) is 4.87. The van der Waals surface area contributed by atoms with Gasteiger partial charge < -0.3 is 5.11 Å². The Labute approximate surface area is 105 Å². The van der Waals surface area contributed by atoms with E-state index in [9.17, 15) is 5.11 Å². The molecular formula is C13H13ClN2O.